The van der Waals surface area contributed by atoms with Crippen molar-refractivity contribution in [2.75, 3.05) is 7.11 Å². The number of nitrogens with zero attached hydrogens (tertiary/aromatic N) is 1. The highest BCUT2D eigenvalue weighted by atomic mass is 16.5. The van der Waals surface area contributed by atoms with Gasteiger partial charge < -0.3 is 4.74 Å². The van der Waals surface area contributed by atoms with Crippen molar-refractivity contribution in [2.24, 2.45) is 5.10 Å². The summed E-state index contributed by atoms with van der Waals surface area (Å²) >= 11 is 0. The summed E-state index contributed by atoms with van der Waals surface area (Å²) in [6.45, 7) is 0. The topological polar surface area (TPSA) is 50.7 Å². The molecule has 1 aliphatic carbocycles. The number of hydrazone groups is 1. The van der Waals surface area contributed by atoms with Gasteiger partial charge in [0.05, 0.1) is 12.8 Å². The Hall–Kier alpha value is -3.40. The van der Waals surface area contributed by atoms with E-state index in [2.05, 4.69) is 22.7 Å². The van der Waals surface area contributed by atoms with Crippen molar-refractivity contribution in [2.45, 2.75) is 0 Å². The Labute approximate surface area is 145 Å². The van der Waals surface area contributed by atoms with Crippen molar-refractivity contribution in [3.63, 3.8) is 0 Å². The van der Waals surface area contributed by atoms with Gasteiger partial charge in [-0.15, -0.1) is 0 Å². The van der Waals surface area contributed by atoms with Gasteiger partial charge in [0.25, 0.3) is 5.91 Å². The normalized spacial score (nSPS) is 11.5. The van der Waals surface area contributed by atoms with E-state index in [9.17, 15) is 4.79 Å². The number of carbonyl (C=O) groups is 1. The van der Waals surface area contributed by atoms with Crippen LogP contribution in [0.5, 0.6) is 5.75 Å². The first-order valence-corrected chi connectivity index (χ1v) is 7.99. The van der Waals surface area contributed by atoms with E-state index in [0.29, 0.717) is 11.3 Å². The molecule has 0 radical (unpaired) electrons. The van der Waals surface area contributed by atoms with E-state index in [1.165, 1.54) is 0 Å². The molecule has 0 spiro atoms. The number of carbonyl (C=O) groups excluding carboxylic acids is 1. The molecular weight excluding hydrogens is 312 g/mol. The predicted octanol–water partition coefficient (Wildman–Crippen LogP) is 3.86. The van der Waals surface area contributed by atoms with Crippen LogP contribution in [-0.2, 0) is 0 Å². The molecule has 1 amide bonds. The molecule has 0 heterocycles. The molecule has 3 aromatic carbocycles. The number of ether oxygens (including phenoxy) is 1. The zero-order chi connectivity index (χ0) is 17.2. The van der Waals surface area contributed by atoms with Gasteiger partial charge in [0, 0.05) is 16.7 Å². The summed E-state index contributed by atoms with van der Waals surface area (Å²) in [5.74, 6) is 0.457. The van der Waals surface area contributed by atoms with Gasteiger partial charge in [0.15, 0.2) is 0 Å². The smallest absolute Gasteiger partial charge is 0.271 e. The van der Waals surface area contributed by atoms with Gasteiger partial charge in [-0.2, -0.15) is 5.10 Å². The number of hydrogen-bond donors (Lipinski definition) is 1. The van der Waals surface area contributed by atoms with Gasteiger partial charge in [-0.1, -0.05) is 48.5 Å². The molecule has 0 fully saturated rings. The monoisotopic (exact) mass is 328 g/mol. The molecule has 1 aliphatic rings. The van der Waals surface area contributed by atoms with Gasteiger partial charge in [0.2, 0.25) is 0 Å². The molecule has 3 aromatic rings. The molecule has 4 nitrogen and oxygen atoms in total. The van der Waals surface area contributed by atoms with E-state index in [1.807, 2.05) is 36.4 Å². The molecule has 0 unspecified atom stereocenters. The largest absolute Gasteiger partial charge is 0.497 e. The number of methoxy groups -OCH3 is 1. The van der Waals surface area contributed by atoms with Crippen LogP contribution in [0.3, 0.4) is 0 Å². The van der Waals surface area contributed by atoms with Crippen molar-refractivity contribution in [3.05, 3.63) is 89.5 Å². The number of fused-ring (bicyclic) bond motifs is 3. The summed E-state index contributed by atoms with van der Waals surface area (Å²) in [5.41, 5.74) is 8.31. The van der Waals surface area contributed by atoms with Crippen LogP contribution in [0.15, 0.2) is 77.9 Å². The highest BCUT2D eigenvalue weighted by molar-refractivity contribution is 6.24. The van der Waals surface area contributed by atoms with Crippen LogP contribution in [0.2, 0.25) is 0 Å². The molecule has 1 N–H and O–H groups in total. The molecule has 4 heteroatoms. The summed E-state index contributed by atoms with van der Waals surface area (Å²) in [7, 11) is 1.59. The van der Waals surface area contributed by atoms with Crippen LogP contribution in [0.1, 0.15) is 21.5 Å². The lowest BCUT2D eigenvalue weighted by molar-refractivity contribution is 0.0955. The molecule has 0 atom stereocenters. The molecule has 0 aromatic heterocycles. The summed E-state index contributed by atoms with van der Waals surface area (Å²) in [6, 6.07) is 23.1. The first-order chi connectivity index (χ1) is 12.3. The summed E-state index contributed by atoms with van der Waals surface area (Å²) < 4.78 is 5.11. The molecule has 0 saturated heterocycles. The molecular formula is C21H16N2O2. The van der Waals surface area contributed by atoms with Crippen molar-refractivity contribution in [1.29, 1.82) is 0 Å². The van der Waals surface area contributed by atoms with Gasteiger partial charge in [-0.3, -0.25) is 4.79 Å². The lowest BCUT2D eigenvalue weighted by Gasteiger charge is -2.05. The minimum absolute atomic E-state index is 0.253. The van der Waals surface area contributed by atoms with E-state index in [0.717, 1.165) is 28.0 Å². The average Bonchev–Trinajstić information content (AvgIpc) is 3.00. The summed E-state index contributed by atoms with van der Waals surface area (Å²) in [4.78, 5) is 12.4. The molecule has 0 aliphatic heterocycles. The molecule has 0 bridgehead atoms. The van der Waals surface area contributed by atoms with Crippen molar-refractivity contribution in [1.82, 2.24) is 5.43 Å². The van der Waals surface area contributed by atoms with E-state index in [4.69, 9.17) is 4.74 Å². The lowest BCUT2D eigenvalue weighted by Crippen LogP contribution is -2.19. The highest BCUT2D eigenvalue weighted by Crippen LogP contribution is 2.36. The van der Waals surface area contributed by atoms with Crippen LogP contribution in [0, 0.1) is 0 Å². The number of amides is 1. The Bertz CT molecular complexity index is 928. The standard InChI is InChI=1S/C21H16N2O2/c1-25-15-12-10-14(11-13-15)21(24)23-22-20-18-8-4-2-6-16(18)17-7-3-5-9-19(17)20/h2-13H,1H3,(H,23,24). The zero-order valence-electron chi connectivity index (χ0n) is 13.7. The Morgan fingerprint density at radius 3 is 1.84 bits per heavy atom. The van der Waals surface area contributed by atoms with Gasteiger partial charge in [-0.05, 0) is 35.4 Å². The average molecular weight is 328 g/mol. The maximum atomic E-state index is 12.4. The van der Waals surface area contributed by atoms with Crippen LogP contribution in [-0.4, -0.2) is 18.7 Å². The fourth-order valence-electron chi connectivity index (χ4n) is 3.03. The Morgan fingerprint density at radius 1 is 0.800 bits per heavy atom. The number of hydrogen-bond acceptors (Lipinski definition) is 3. The third-order valence-electron chi connectivity index (χ3n) is 4.28. The number of rotatable bonds is 3. The van der Waals surface area contributed by atoms with Crippen molar-refractivity contribution < 1.29 is 9.53 Å². The molecule has 122 valence electrons. The number of nitrogens with one attached hydrogen (secondary N) is 1. The van der Waals surface area contributed by atoms with Crippen molar-refractivity contribution >= 4 is 11.6 Å². The van der Waals surface area contributed by atoms with Crippen LogP contribution in [0.4, 0.5) is 0 Å². The second kappa shape index (κ2) is 6.24. The Morgan fingerprint density at radius 2 is 1.32 bits per heavy atom. The molecule has 0 saturated carbocycles. The van der Waals surface area contributed by atoms with Crippen LogP contribution in [0.25, 0.3) is 11.1 Å². The molecule has 25 heavy (non-hydrogen) atoms. The van der Waals surface area contributed by atoms with E-state index >= 15 is 0 Å². The lowest BCUT2D eigenvalue weighted by atomic mass is 10.1. The molecule has 4 rings (SSSR count). The first kappa shape index (κ1) is 15.1. The highest BCUT2D eigenvalue weighted by Gasteiger charge is 2.24. The summed E-state index contributed by atoms with van der Waals surface area (Å²) in [6.07, 6.45) is 0. The second-order valence-electron chi connectivity index (χ2n) is 5.72. The van der Waals surface area contributed by atoms with Gasteiger partial charge in [-0.25, -0.2) is 5.43 Å². The third kappa shape index (κ3) is 2.68. The first-order valence-electron chi connectivity index (χ1n) is 7.99. The maximum absolute atomic E-state index is 12.4. The Balaban J connectivity index is 1.66. The Kier molecular flexibility index (Phi) is 3.78. The van der Waals surface area contributed by atoms with E-state index in [-0.39, 0.29) is 5.91 Å². The quantitative estimate of drug-likeness (QED) is 0.581. The predicted molar refractivity (Wildman–Crippen MR) is 98.0 cm³/mol. The fourth-order valence-corrected chi connectivity index (χ4v) is 3.03. The van der Waals surface area contributed by atoms with Crippen molar-refractivity contribution in [3.8, 4) is 16.9 Å². The van der Waals surface area contributed by atoms with Gasteiger partial charge >= 0.3 is 0 Å². The minimum atomic E-state index is -0.253. The maximum Gasteiger partial charge on any atom is 0.271 e. The second-order valence-corrected chi connectivity index (χ2v) is 5.72. The summed E-state index contributed by atoms with van der Waals surface area (Å²) in [5, 5.41) is 4.41. The SMILES string of the molecule is COc1ccc(C(=O)NN=C2c3ccccc3-c3ccccc32)cc1. The van der Waals surface area contributed by atoms with E-state index < -0.39 is 0 Å². The number of benzene rings is 3. The van der Waals surface area contributed by atoms with E-state index in [1.54, 1.807) is 31.4 Å². The fraction of sp³-hybridized carbons (Fsp3) is 0.0476. The zero-order valence-corrected chi connectivity index (χ0v) is 13.7. The minimum Gasteiger partial charge on any atom is -0.497 e. The van der Waals surface area contributed by atoms with Crippen LogP contribution >= 0.6 is 0 Å². The third-order valence-corrected chi connectivity index (χ3v) is 4.28. The van der Waals surface area contributed by atoms with Crippen LogP contribution < -0.4 is 10.2 Å². The van der Waals surface area contributed by atoms with Gasteiger partial charge in [0.1, 0.15) is 5.75 Å².